The first kappa shape index (κ1) is 12.8. The van der Waals surface area contributed by atoms with Crippen LogP contribution >= 0.6 is 11.8 Å². The summed E-state index contributed by atoms with van der Waals surface area (Å²) in [6.45, 7) is 6.95. The summed E-state index contributed by atoms with van der Waals surface area (Å²) in [4.78, 5) is 11.8. The summed E-state index contributed by atoms with van der Waals surface area (Å²) < 4.78 is 0.137. The van der Waals surface area contributed by atoms with Crippen molar-refractivity contribution in [2.45, 2.75) is 31.4 Å². The largest absolute Gasteiger partial charge is 0.354 e. The number of piperidine rings is 1. The number of amides is 1. The van der Waals surface area contributed by atoms with Gasteiger partial charge in [-0.2, -0.15) is 11.8 Å². The van der Waals surface area contributed by atoms with E-state index in [9.17, 15) is 4.79 Å². The van der Waals surface area contributed by atoms with Gasteiger partial charge < -0.3 is 10.6 Å². The molecule has 3 nitrogen and oxygen atoms in total. The van der Waals surface area contributed by atoms with Crippen molar-refractivity contribution < 1.29 is 4.79 Å². The first-order valence-corrected chi connectivity index (χ1v) is 6.81. The SMILES string of the molecule is CSC(C)(C)CNC(=O)[C@H]1CCCNC1. The van der Waals surface area contributed by atoms with Crippen LogP contribution in [0.2, 0.25) is 0 Å². The minimum Gasteiger partial charge on any atom is -0.354 e. The molecule has 4 heteroatoms. The lowest BCUT2D eigenvalue weighted by Gasteiger charge is -2.26. The summed E-state index contributed by atoms with van der Waals surface area (Å²) in [5.74, 6) is 0.390. The van der Waals surface area contributed by atoms with Crippen molar-refractivity contribution >= 4 is 17.7 Å². The van der Waals surface area contributed by atoms with Crippen molar-refractivity contribution in [1.29, 1.82) is 0 Å². The Morgan fingerprint density at radius 2 is 2.33 bits per heavy atom. The van der Waals surface area contributed by atoms with E-state index in [1.807, 2.05) is 0 Å². The zero-order chi connectivity index (χ0) is 11.3. The Morgan fingerprint density at radius 3 is 2.87 bits per heavy atom. The predicted molar refractivity (Wildman–Crippen MR) is 66.2 cm³/mol. The minimum atomic E-state index is 0.137. The molecule has 1 rings (SSSR count). The third-order valence-electron chi connectivity index (χ3n) is 2.91. The number of hydrogen-bond acceptors (Lipinski definition) is 3. The monoisotopic (exact) mass is 230 g/mol. The average Bonchev–Trinajstić information content (AvgIpc) is 2.27. The Balaban J connectivity index is 2.28. The first-order chi connectivity index (χ1) is 7.05. The molecule has 0 aromatic carbocycles. The van der Waals surface area contributed by atoms with Crippen molar-refractivity contribution in [3.8, 4) is 0 Å². The van der Waals surface area contributed by atoms with Gasteiger partial charge in [0.05, 0.1) is 5.92 Å². The van der Waals surface area contributed by atoms with Gasteiger partial charge in [0, 0.05) is 17.8 Å². The van der Waals surface area contributed by atoms with Crippen molar-refractivity contribution in [2.24, 2.45) is 5.92 Å². The lowest BCUT2D eigenvalue weighted by atomic mass is 9.98. The Hall–Kier alpha value is -0.220. The number of rotatable bonds is 4. The minimum absolute atomic E-state index is 0.137. The molecule has 88 valence electrons. The van der Waals surface area contributed by atoms with Gasteiger partial charge in [0.2, 0.25) is 5.91 Å². The molecule has 2 N–H and O–H groups in total. The molecule has 1 aliphatic heterocycles. The van der Waals surface area contributed by atoms with Crippen LogP contribution in [0.1, 0.15) is 26.7 Å². The molecule has 0 spiro atoms. The van der Waals surface area contributed by atoms with Crippen molar-refractivity contribution in [1.82, 2.24) is 10.6 Å². The van der Waals surface area contributed by atoms with Crippen LogP contribution in [0.4, 0.5) is 0 Å². The van der Waals surface area contributed by atoms with Crippen LogP contribution in [0.3, 0.4) is 0 Å². The maximum atomic E-state index is 11.8. The molecule has 1 saturated heterocycles. The van der Waals surface area contributed by atoms with Crippen molar-refractivity contribution in [3.63, 3.8) is 0 Å². The van der Waals surface area contributed by atoms with Crippen LogP contribution in [-0.4, -0.2) is 36.5 Å². The van der Waals surface area contributed by atoms with Gasteiger partial charge in [-0.05, 0) is 39.5 Å². The molecule has 0 aromatic heterocycles. The van der Waals surface area contributed by atoms with E-state index in [4.69, 9.17) is 0 Å². The summed E-state index contributed by atoms with van der Waals surface area (Å²) in [5, 5.41) is 6.30. The highest BCUT2D eigenvalue weighted by Crippen LogP contribution is 2.20. The van der Waals surface area contributed by atoms with E-state index in [0.29, 0.717) is 0 Å². The van der Waals surface area contributed by atoms with Crippen LogP contribution in [0.25, 0.3) is 0 Å². The zero-order valence-corrected chi connectivity index (χ0v) is 10.7. The molecule has 1 fully saturated rings. The van der Waals surface area contributed by atoms with Crippen LogP contribution < -0.4 is 10.6 Å². The molecule has 0 saturated carbocycles. The highest BCUT2D eigenvalue weighted by atomic mass is 32.2. The van der Waals surface area contributed by atoms with E-state index >= 15 is 0 Å². The summed E-state index contributed by atoms with van der Waals surface area (Å²) in [6.07, 6.45) is 4.22. The van der Waals surface area contributed by atoms with Crippen molar-refractivity contribution in [2.75, 3.05) is 25.9 Å². The van der Waals surface area contributed by atoms with Gasteiger partial charge in [-0.25, -0.2) is 0 Å². The predicted octanol–water partition coefficient (Wildman–Crippen LogP) is 1.24. The fraction of sp³-hybridized carbons (Fsp3) is 0.909. The second kappa shape index (κ2) is 5.75. The van der Waals surface area contributed by atoms with E-state index in [-0.39, 0.29) is 16.6 Å². The quantitative estimate of drug-likeness (QED) is 0.763. The molecule has 0 aromatic rings. The van der Waals surface area contributed by atoms with Crippen LogP contribution in [-0.2, 0) is 4.79 Å². The third kappa shape index (κ3) is 4.43. The normalized spacial score (nSPS) is 22.5. The standard InChI is InChI=1S/C11H22N2OS/c1-11(2,15-3)8-13-10(14)9-5-4-6-12-7-9/h9,12H,4-8H2,1-3H3,(H,13,14)/t9-/m0/s1. The fourth-order valence-corrected chi connectivity index (χ4v) is 1.81. The second-order valence-electron chi connectivity index (χ2n) is 4.72. The van der Waals surface area contributed by atoms with Gasteiger partial charge in [-0.15, -0.1) is 0 Å². The molecule has 0 unspecified atom stereocenters. The Kier molecular flexibility index (Phi) is 4.93. The van der Waals surface area contributed by atoms with E-state index in [1.54, 1.807) is 11.8 Å². The number of carbonyl (C=O) groups excluding carboxylic acids is 1. The molecular weight excluding hydrogens is 208 g/mol. The van der Waals surface area contributed by atoms with Gasteiger partial charge in [-0.1, -0.05) is 0 Å². The molecule has 1 aliphatic rings. The van der Waals surface area contributed by atoms with Crippen LogP contribution in [0, 0.1) is 5.92 Å². The first-order valence-electron chi connectivity index (χ1n) is 5.59. The van der Waals surface area contributed by atoms with E-state index in [2.05, 4.69) is 30.7 Å². The van der Waals surface area contributed by atoms with Gasteiger partial charge in [0.1, 0.15) is 0 Å². The van der Waals surface area contributed by atoms with Crippen LogP contribution in [0.5, 0.6) is 0 Å². The molecule has 15 heavy (non-hydrogen) atoms. The van der Waals surface area contributed by atoms with Gasteiger partial charge in [0.25, 0.3) is 0 Å². The van der Waals surface area contributed by atoms with Gasteiger partial charge >= 0.3 is 0 Å². The van der Waals surface area contributed by atoms with Crippen LogP contribution in [0.15, 0.2) is 0 Å². The molecular formula is C11H22N2OS. The molecule has 0 bridgehead atoms. The lowest BCUT2D eigenvalue weighted by molar-refractivity contribution is -0.125. The highest BCUT2D eigenvalue weighted by molar-refractivity contribution is 7.99. The molecule has 0 radical (unpaired) electrons. The molecule has 1 amide bonds. The summed E-state index contributed by atoms with van der Waals surface area (Å²) in [7, 11) is 0. The van der Waals surface area contributed by atoms with Gasteiger partial charge in [-0.3, -0.25) is 4.79 Å². The second-order valence-corrected chi connectivity index (χ2v) is 6.24. The summed E-state index contributed by atoms with van der Waals surface area (Å²) in [5.41, 5.74) is 0. The molecule has 0 aliphatic carbocycles. The Bertz CT molecular complexity index is 213. The smallest absolute Gasteiger partial charge is 0.224 e. The maximum absolute atomic E-state index is 11.8. The van der Waals surface area contributed by atoms with Gasteiger partial charge in [0.15, 0.2) is 0 Å². The number of thioether (sulfide) groups is 1. The fourth-order valence-electron chi connectivity index (χ4n) is 1.59. The lowest BCUT2D eigenvalue weighted by Crippen LogP contribution is -2.44. The average molecular weight is 230 g/mol. The van der Waals surface area contributed by atoms with Crippen molar-refractivity contribution in [3.05, 3.63) is 0 Å². The number of carbonyl (C=O) groups is 1. The highest BCUT2D eigenvalue weighted by Gasteiger charge is 2.23. The number of hydrogen-bond donors (Lipinski definition) is 2. The molecule has 1 atom stereocenters. The Labute approximate surface area is 96.8 Å². The van der Waals surface area contributed by atoms with E-state index < -0.39 is 0 Å². The third-order valence-corrected chi connectivity index (χ3v) is 4.16. The zero-order valence-electron chi connectivity index (χ0n) is 9.93. The Morgan fingerprint density at radius 1 is 1.60 bits per heavy atom. The molecule has 1 heterocycles. The maximum Gasteiger partial charge on any atom is 0.224 e. The number of nitrogens with one attached hydrogen (secondary N) is 2. The summed E-state index contributed by atoms with van der Waals surface area (Å²) in [6, 6.07) is 0. The van der Waals surface area contributed by atoms with E-state index in [0.717, 1.165) is 32.5 Å². The van der Waals surface area contributed by atoms with E-state index in [1.165, 1.54) is 0 Å². The summed E-state index contributed by atoms with van der Waals surface area (Å²) >= 11 is 1.79. The topological polar surface area (TPSA) is 41.1 Å².